The zero-order chi connectivity index (χ0) is 13.1. The fraction of sp³-hybridized carbons (Fsp3) is 0.357. The highest BCUT2D eigenvalue weighted by Crippen LogP contribution is 2.23. The smallest absolute Gasteiger partial charge is 0.274 e. The minimum atomic E-state index is -0.0148. The Morgan fingerprint density at radius 3 is 2.53 bits per heavy atom. The average molecular weight is 256 g/mol. The van der Waals surface area contributed by atoms with Crippen LogP contribution in [-0.2, 0) is 0 Å². The molecule has 1 amide bonds. The van der Waals surface area contributed by atoms with Gasteiger partial charge in [-0.15, -0.1) is 0 Å². The molecule has 1 aliphatic heterocycles. The second-order valence-electron chi connectivity index (χ2n) is 4.74. The van der Waals surface area contributed by atoms with Crippen molar-refractivity contribution in [2.75, 3.05) is 13.1 Å². The third-order valence-corrected chi connectivity index (χ3v) is 3.58. The number of piperidine rings is 1. The molecule has 0 N–H and O–H groups in total. The molecular weight excluding hydrogens is 240 g/mol. The van der Waals surface area contributed by atoms with Crippen LogP contribution in [0.3, 0.4) is 0 Å². The minimum Gasteiger partial charge on any atom is -0.351 e. The quantitative estimate of drug-likeness (QED) is 0.822. The Morgan fingerprint density at radius 1 is 1.16 bits per heavy atom. The number of amides is 1. The fourth-order valence-electron chi connectivity index (χ4n) is 2.53. The van der Waals surface area contributed by atoms with Gasteiger partial charge in [0.2, 0.25) is 0 Å². The third-order valence-electron chi connectivity index (χ3n) is 3.58. The summed E-state index contributed by atoms with van der Waals surface area (Å²) in [7, 11) is 0. The Kier molecular flexibility index (Phi) is 3.27. The van der Waals surface area contributed by atoms with Crippen LogP contribution in [0.2, 0.25) is 0 Å². The van der Waals surface area contributed by atoms with E-state index in [4.69, 9.17) is 0 Å². The van der Waals surface area contributed by atoms with Gasteiger partial charge >= 0.3 is 0 Å². The highest BCUT2D eigenvalue weighted by Gasteiger charge is 2.24. The number of hydrogen-bond donors (Lipinski definition) is 0. The Balaban J connectivity index is 1.63. The monoisotopic (exact) mass is 256 g/mol. The zero-order valence-corrected chi connectivity index (χ0v) is 10.6. The summed E-state index contributed by atoms with van der Waals surface area (Å²) in [6, 6.07) is 4.58. The van der Waals surface area contributed by atoms with Crippen molar-refractivity contribution in [2.24, 2.45) is 0 Å². The molecule has 1 saturated heterocycles. The van der Waals surface area contributed by atoms with E-state index in [1.165, 1.54) is 6.20 Å². The summed E-state index contributed by atoms with van der Waals surface area (Å²) in [6.45, 7) is 1.55. The molecule has 0 radical (unpaired) electrons. The highest BCUT2D eigenvalue weighted by molar-refractivity contribution is 5.92. The fourth-order valence-corrected chi connectivity index (χ4v) is 2.53. The van der Waals surface area contributed by atoms with E-state index in [-0.39, 0.29) is 5.91 Å². The summed E-state index contributed by atoms with van der Waals surface area (Å²) in [4.78, 5) is 22.1. The van der Waals surface area contributed by atoms with Crippen molar-refractivity contribution >= 4 is 5.91 Å². The van der Waals surface area contributed by atoms with E-state index in [0.29, 0.717) is 11.7 Å². The largest absolute Gasteiger partial charge is 0.351 e. The Labute approximate surface area is 111 Å². The predicted octanol–water partition coefficient (Wildman–Crippen LogP) is 1.76. The molecule has 0 atom stereocenters. The van der Waals surface area contributed by atoms with Crippen molar-refractivity contribution in [1.82, 2.24) is 19.4 Å². The maximum Gasteiger partial charge on any atom is 0.274 e. The van der Waals surface area contributed by atoms with Crippen LogP contribution < -0.4 is 0 Å². The first-order valence-corrected chi connectivity index (χ1v) is 6.52. The van der Waals surface area contributed by atoms with Crippen LogP contribution in [0.15, 0.2) is 43.1 Å². The van der Waals surface area contributed by atoms with Crippen molar-refractivity contribution in [3.05, 3.63) is 48.8 Å². The molecule has 0 aliphatic carbocycles. The molecule has 0 aromatic carbocycles. The molecule has 0 spiro atoms. The van der Waals surface area contributed by atoms with E-state index in [9.17, 15) is 4.79 Å². The standard InChI is InChI=1S/C14H16N4O/c19-14(13-11-15-5-6-16-13)18-9-3-12(4-10-18)17-7-1-2-8-17/h1-2,5-8,11-12H,3-4,9-10H2. The molecule has 5 nitrogen and oxygen atoms in total. The van der Waals surface area contributed by atoms with Gasteiger partial charge in [0.05, 0.1) is 6.20 Å². The van der Waals surface area contributed by atoms with Gasteiger partial charge < -0.3 is 9.47 Å². The number of carbonyl (C=O) groups is 1. The number of nitrogens with zero attached hydrogens (tertiary/aromatic N) is 4. The highest BCUT2D eigenvalue weighted by atomic mass is 16.2. The molecule has 0 saturated carbocycles. The lowest BCUT2D eigenvalue weighted by atomic mass is 10.0. The van der Waals surface area contributed by atoms with Gasteiger partial charge in [0.15, 0.2) is 0 Å². The van der Waals surface area contributed by atoms with Crippen molar-refractivity contribution in [1.29, 1.82) is 0 Å². The molecular formula is C14H16N4O. The minimum absolute atomic E-state index is 0.0148. The summed E-state index contributed by atoms with van der Waals surface area (Å²) < 4.78 is 2.23. The molecule has 3 rings (SSSR count). The van der Waals surface area contributed by atoms with Gasteiger partial charge in [0, 0.05) is 43.9 Å². The van der Waals surface area contributed by atoms with E-state index in [1.807, 2.05) is 17.0 Å². The van der Waals surface area contributed by atoms with Crippen molar-refractivity contribution in [3.8, 4) is 0 Å². The molecule has 0 bridgehead atoms. The molecule has 2 aromatic rings. The number of likely N-dealkylation sites (tertiary alicyclic amines) is 1. The van der Waals surface area contributed by atoms with Gasteiger partial charge in [0.1, 0.15) is 5.69 Å². The first kappa shape index (κ1) is 11.9. The van der Waals surface area contributed by atoms with Gasteiger partial charge in [0.25, 0.3) is 5.91 Å². The van der Waals surface area contributed by atoms with Crippen molar-refractivity contribution < 1.29 is 4.79 Å². The second-order valence-corrected chi connectivity index (χ2v) is 4.74. The second kappa shape index (κ2) is 5.22. The maximum absolute atomic E-state index is 12.2. The molecule has 0 unspecified atom stereocenters. The van der Waals surface area contributed by atoms with Crippen LogP contribution in [0, 0.1) is 0 Å². The van der Waals surface area contributed by atoms with Gasteiger partial charge in [-0.25, -0.2) is 4.98 Å². The van der Waals surface area contributed by atoms with Crippen molar-refractivity contribution in [3.63, 3.8) is 0 Å². The molecule has 3 heterocycles. The summed E-state index contributed by atoms with van der Waals surface area (Å²) in [6.07, 6.45) is 10.8. The number of aromatic nitrogens is 3. The SMILES string of the molecule is O=C(c1cnccn1)N1CCC(n2cccc2)CC1. The van der Waals surface area contributed by atoms with E-state index >= 15 is 0 Å². The normalized spacial score (nSPS) is 16.5. The summed E-state index contributed by atoms with van der Waals surface area (Å²) in [5, 5.41) is 0. The number of carbonyl (C=O) groups excluding carboxylic acids is 1. The lowest BCUT2D eigenvalue weighted by Gasteiger charge is -2.32. The lowest BCUT2D eigenvalue weighted by Crippen LogP contribution is -2.39. The molecule has 5 heteroatoms. The van der Waals surface area contributed by atoms with Gasteiger partial charge in [-0.1, -0.05) is 0 Å². The Morgan fingerprint density at radius 2 is 1.89 bits per heavy atom. The van der Waals surface area contributed by atoms with Crippen LogP contribution in [0.25, 0.3) is 0 Å². The van der Waals surface area contributed by atoms with Gasteiger partial charge in [-0.2, -0.15) is 0 Å². The number of rotatable bonds is 2. The Bertz CT molecular complexity index is 530. The summed E-state index contributed by atoms with van der Waals surface area (Å²) in [5.41, 5.74) is 0.432. The average Bonchev–Trinajstić information content (AvgIpc) is 3.02. The molecule has 1 fully saturated rings. The molecule has 2 aromatic heterocycles. The van der Waals surface area contributed by atoms with Crippen LogP contribution in [0.1, 0.15) is 29.4 Å². The van der Waals surface area contributed by atoms with Crippen LogP contribution in [0.5, 0.6) is 0 Å². The van der Waals surface area contributed by atoms with E-state index < -0.39 is 0 Å². The topological polar surface area (TPSA) is 51.0 Å². The zero-order valence-electron chi connectivity index (χ0n) is 10.6. The summed E-state index contributed by atoms with van der Waals surface area (Å²) in [5.74, 6) is -0.0148. The molecule has 1 aliphatic rings. The third kappa shape index (κ3) is 2.50. The first-order chi connectivity index (χ1) is 9.34. The van der Waals surface area contributed by atoms with Crippen molar-refractivity contribution in [2.45, 2.75) is 18.9 Å². The lowest BCUT2D eigenvalue weighted by molar-refractivity contribution is 0.0688. The molecule has 19 heavy (non-hydrogen) atoms. The van der Waals surface area contributed by atoms with E-state index in [2.05, 4.69) is 26.9 Å². The van der Waals surface area contributed by atoms with E-state index in [0.717, 1.165) is 25.9 Å². The van der Waals surface area contributed by atoms with Gasteiger partial charge in [-0.3, -0.25) is 9.78 Å². The maximum atomic E-state index is 12.2. The van der Waals surface area contributed by atoms with E-state index in [1.54, 1.807) is 12.4 Å². The first-order valence-electron chi connectivity index (χ1n) is 6.52. The van der Waals surface area contributed by atoms with Crippen LogP contribution >= 0.6 is 0 Å². The Hall–Kier alpha value is -2.17. The summed E-state index contributed by atoms with van der Waals surface area (Å²) >= 11 is 0. The van der Waals surface area contributed by atoms with Crippen LogP contribution in [0.4, 0.5) is 0 Å². The van der Waals surface area contributed by atoms with Crippen LogP contribution in [-0.4, -0.2) is 38.4 Å². The van der Waals surface area contributed by atoms with Gasteiger partial charge in [-0.05, 0) is 25.0 Å². The number of hydrogen-bond acceptors (Lipinski definition) is 3. The predicted molar refractivity (Wildman–Crippen MR) is 70.6 cm³/mol. The molecule has 98 valence electrons.